The van der Waals surface area contributed by atoms with Gasteiger partial charge in [0.05, 0.1) is 0 Å². The molecule has 0 spiro atoms. The van der Waals surface area contributed by atoms with Gasteiger partial charge in [0.15, 0.2) is 0 Å². The molecule has 1 aromatic heterocycles. The molecule has 0 aliphatic carbocycles. The molecule has 4 heteroatoms. The van der Waals surface area contributed by atoms with Gasteiger partial charge in [0, 0.05) is 42.3 Å². The second-order valence-corrected chi connectivity index (χ2v) is 5.59. The van der Waals surface area contributed by atoms with E-state index in [0.29, 0.717) is 0 Å². The number of piperazine rings is 1. The van der Waals surface area contributed by atoms with Crippen molar-refractivity contribution in [2.75, 3.05) is 26.2 Å². The van der Waals surface area contributed by atoms with Gasteiger partial charge in [-0.05, 0) is 29.7 Å². The fraction of sp³-hybridized carbons (Fsp3) is 0.385. The van der Waals surface area contributed by atoms with Crippen molar-refractivity contribution in [3.63, 3.8) is 0 Å². The summed E-state index contributed by atoms with van der Waals surface area (Å²) in [6.07, 6.45) is 0. The predicted octanol–water partition coefficient (Wildman–Crippen LogP) is 2.45. The van der Waals surface area contributed by atoms with Gasteiger partial charge in [-0.15, -0.1) is 11.3 Å². The average molecular weight is 250 g/mol. The molecule has 2 aromatic rings. The lowest BCUT2D eigenvalue weighted by molar-refractivity contribution is 0.235. The Kier molecular flexibility index (Phi) is 3.09. The van der Waals surface area contributed by atoms with Crippen LogP contribution in [-0.4, -0.2) is 31.1 Å². The van der Waals surface area contributed by atoms with Gasteiger partial charge in [-0.1, -0.05) is 0 Å². The molecule has 1 aliphatic heterocycles. The van der Waals surface area contributed by atoms with Crippen LogP contribution in [0.3, 0.4) is 0 Å². The number of nitrogens with one attached hydrogen (secondary N) is 1. The van der Waals surface area contributed by atoms with E-state index < -0.39 is 0 Å². The molecule has 3 rings (SSSR count). The molecule has 0 atom stereocenters. The van der Waals surface area contributed by atoms with Gasteiger partial charge >= 0.3 is 0 Å². The Morgan fingerprint density at radius 1 is 1.24 bits per heavy atom. The molecule has 0 amide bonds. The van der Waals surface area contributed by atoms with Crippen LogP contribution in [0, 0.1) is 5.82 Å². The smallest absolute Gasteiger partial charge is 0.123 e. The Balaban J connectivity index is 1.80. The molecule has 17 heavy (non-hydrogen) atoms. The minimum Gasteiger partial charge on any atom is -0.314 e. The van der Waals surface area contributed by atoms with Gasteiger partial charge in [0.2, 0.25) is 0 Å². The minimum atomic E-state index is -0.149. The highest BCUT2D eigenvalue weighted by Crippen LogP contribution is 2.27. The van der Waals surface area contributed by atoms with E-state index in [0.717, 1.165) is 38.1 Å². The van der Waals surface area contributed by atoms with Crippen LogP contribution < -0.4 is 5.32 Å². The van der Waals surface area contributed by atoms with Gasteiger partial charge in [0.1, 0.15) is 5.82 Å². The Bertz CT molecular complexity index is 517. The van der Waals surface area contributed by atoms with Crippen LogP contribution in [0.1, 0.15) is 4.88 Å². The van der Waals surface area contributed by atoms with E-state index in [4.69, 9.17) is 0 Å². The van der Waals surface area contributed by atoms with Crippen molar-refractivity contribution in [2.45, 2.75) is 6.54 Å². The molecule has 0 bridgehead atoms. The summed E-state index contributed by atoms with van der Waals surface area (Å²) in [6, 6.07) is 7.14. The molecule has 2 nitrogen and oxygen atoms in total. The van der Waals surface area contributed by atoms with Crippen LogP contribution in [-0.2, 0) is 6.54 Å². The topological polar surface area (TPSA) is 15.3 Å². The maximum Gasteiger partial charge on any atom is 0.123 e. The summed E-state index contributed by atoms with van der Waals surface area (Å²) in [5.41, 5.74) is 0. The third-order valence-corrected chi connectivity index (χ3v) is 4.22. The number of rotatable bonds is 2. The number of halogens is 1. The fourth-order valence-electron chi connectivity index (χ4n) is 2.24. The van der Waals surface area contributed by atoms with Crippen LogP contribution in [0.15, 0.2) is 24.3 Å². The third kappa shape index (κ3) is 2.49. The van der Waals surface area contributed by atoms with E-state index in [9.17, 15) is 4.39 Å². The first-order valence-corrected chi connectivity index (χ1v) is 6.74. The number of hydrogen-bond acceptors (Lipinski definition) is 3. The van der Waals surface area contributed by atoms with E-state index in [1.165, 1.54) is 15.6 Å². The lowest BCUT2D eigenvalue weighted by atomic mass is 10.2. The van der Waals surface area contributed by atoms with E-state index in [2.05, 4.69) is 16.3 Å². The maximum absolute atomic E-state index is 13.1. The highest BCUT2D eigenvalue weighted by atomic mass is 32.1. The number of hydrogen-bond donors (Lipinski definition) is 1. The van der Waals surface area contributed by atoms with Crippen molar-refractivity contribution in [1.82, 2.24) is 10.2 Å². The second kappa shape index (κ2) is 4.72. The Hall–Kier alpha value is -0.970. The van der Waals surface area contributed by atoms with Crippen molar-refractivity contribution in [3.8, 4) is 0 Å². The molecule has 1 aliphatic rings. The molecule has 0 radical (unpaired) electrons. The zero-order chi connectivity index (χ0) is 11.7. The third-order valence-electron chi connectivity index (χ3n) is 3.12. The predicted molar refractivity (Wildman–Crippen MR) is 69.9 cm³/mol. The first-order chi connectivity index (χ1) is 8.31. The van der Waals surface area contributed by atoms with Gasteiger partial charge in [-0.2, -0.15) is 0 Å². The SMILES string of the molecule is Fc1ccc2sc(CN3CCNCC3)cc2c1. The molecule has 0 saturated carbocycles. The van der Waals surface area contributed by atoms with E-state index in [1.54, 1.807) is 17.4 Å². The molecule has 1 fully saturated rings. The molecule has 2 heterocycles. The van der Waals surface area contributed by atoms with Crippen molar-refractivity contribution in [3.05, 3.63) is 35.0 Å². The zero-order valence-electron chi connectivity index (χ0n) is 9.58. The Morgan fingerprint density at radius 3 is 2.88 bits per heavy atom. The van der Waals surface area contributed by atoms with Crippen molar-refractivity contribution < 1.29 is 4.39 Å². The molecule has 0 unspecified atom stereocenters. The highest BCUT2D eigenvalue weighted by molar-refractivity contribution is 7.19. The van der Waals surface area contributed by atoms with Crippen LogP contribution in [0.25, 0.3) is 10.1 Å². The number of benzene rings is 1. The van der Waals surface area contributed by atoms with Crippen LogP contribution in [0.2, 0.25) is 0 Å². The first kappa shape index (κ1) is 11.1. The summed E-state index contributed by atoms with van der Waals surface area (Å²) in [5, 5.41) is 4.37. The fourth-order valence-corrected chi connectivity index (χ4v) is 3.32. The Morgan fingerprint density at radius 2 is 2.06 bits per heavy atom. The number of nitrogens with zero attached hydrogens (tertiary/aromatic N) is 1. The summed E-state index contributed by atoms with van der Waals surface area (Å²) < 4.78 is 14.3. The first-order valence-electron chi connectivity index (χ1n) is 5.92. The van der Waals surface area contributed by atoms with Crippen molar-refractivity contribution in [2.24, 2.45) is 0 Å². The van der Waals surface area contributed by atoms with Crippen LogP contribution >= 0.6 is 11.3 Å². The summed E-state index contributed by atoms with van der Waals surface area (Å²) in [5.74, 6) is -0.149. The van der Waals surface area contributed by atoms with Crippen molar-refractivity contribution >= 4 is 21.4 Å². The largest absolute Gasteiger partial charge is 0.314 e. The monoisotopic (exact) mass is 250 g/mol. The lowest BCUT2D eigenvalue weighted by Crippen LogP contribution is -2.42. The zero-order valence-corrected chi connectivity index (χ0v) is 10.4. The van der Waals surface area contributed by atoms with E-state index in [-0.39, 0.29) is 5.82 Å². The molecule has 1 N–H and O–H groups in total. The lowest BCUT2D eigenvalue weighted by Gasteiger charge is -2.26. The maximum atomic E-state index is 13.1. The second-order valence-electron chi connectivity index (χ2n) is 4.42. The highest BCUT2D eigenvalue weighted by Gasteiger charge is 2.11. The van der Waals surface area contributed by atoms with Crippen molar-refractivity contribution in [1.29, 1.82) is 0 Å². The molecule has 1 saturated heterocycles. The molecule has 90 valence electrons. The van der Waals surface area contributed by atoms with Gasteiger partial charge in [-0.3, -0.25) is 4.90 Å². The summed E-state index contributed by atoms with van der Waals surface area (Å²) in [4.78, 5) is 3.77. The number of thiophene rings is 1. The summed E-state index contributed by atoms with van der Waals surface area (Å²) >= 11 is 1.77. The standard InChI is InChI=1S/C13H15FN2S/c14-11-1-2-13-10(7-11)8-12(17-13)9-16-5-3-15-4-6-16/h1-2,7-8,15H,3-6,9H2. The van der Waals surface area contributed by atoms with Crippen LogP contribution in [0.4, 0.5) is 4.39 Å². The van der Waals surface area contributed by atoms with Gasteiger partial charge in [-0.25, -0.2) is 4.39 Å². The summed E-state index contributed by atoms with van der Waals surface area (Å²) in [7, 11) is 0. The Labute approximate surface area is 104 Å². The number of fused-ring (bicyclic) bond motifs is 1. The van der Waals surface area contributed by atoms with Gasteiger partial charge < -0.3 is 5.32 Å². The summed E-state index contributed by atoms with van der Waals surface area (Å²) in [6.45, 7) is 5.33. The normalized spacial score (nSPS) is 17.7. The quantitative estimate of drug-likeness (QED) is 0.880. The molecule has 1 aromatic carbocycles. The van der Waals surface area contributed by atoms with E-state index >= 15 is 0 Å². The average Bonchev–Trinajstić information content (AvgIpc) is 2.71. The van der Waals surface area contributed by atoms with E-state index in [1.807, 2.05) is 6.07 Å². The van der Waals surface area contributed by atoms with Crippen LogP contribution in [0.5, 0.6) is 0 Å². The molecular weight excluding hydrogens is 235 g/mol. The molecular formula is C13H15FN2S. The minimum absolute atomic E-state index is 0.149. The van der Waals surface area contributed by atoms with Gasteiger partial charge in [0.25, 0.3) is 0 Å².